The quantitative estimate of drug-likeness (QED) is 0.273. The molecule has 1 fully saturated rings. The topological polar surface area (TPSA) is 139 Å². The van der Waals surface area contributed by atoms with Gasteiger partial charge in [-0.1, -0.05) is 17.7 Å². The standard InChI is InChI=1S/C28H30ClN9O2/c1-15-10-19(16(2)34-21-4-5-22(29)35-25(21)37-8-6-18(39)7-9-37)24-20(11-15)27(40)36(3)26-23(33-14-38(24)26)17-12-31-28(30)32-13-17/h4-5,10-14,16,18,34,39H,6-9H2,1-3H3,(H2,30,31,32)/i3D3. The first-order valence-electron chi connectivity index (χ1n) is 14.4. The predicted octanol–water partition coefficient (Wildman–Crippen LogP) is 3.72. The second-order valence-electron chi connectivity index (χ2n) is 10.1. The van der Waals surface area contributed by atoms with E-state index >= 15 is 0 Å². The third-order valence-electron chi connectivity index (χ3n) is 7.30. The highest BCUT2D eigenvalue weighted by Crippen LogP contribution is 2.34. The van der Waals surface area contributed by atoms with E-state index in [-0.39, 0.29) is 34.8 Å². The fourth-order valence-electron chi connectivity index (χ4n) is 5.34. The van der Waals surface area contributed by atoms with Gasteiger partial charge in [0.2, 0.25) is 5.95 Å². The van der Waals surface area contributed by atoms with Crippen molar-refractivity contribution >= 4 is 45.6 Å². The number of imidazole rings is 1. The number of fused-ring (bicyclic) bond motifs is 3. The van der Waals surface area contributed by atoms with Gasteiger partial charge >= 0.3 is 0 Å². The first-order valence-corrected chi connectivity index (χ1v) is 13.3. The number of benzene rings is 1. The number of aliphatic hydroxyl groups is 1. The molecule has 206 valence electrons. The van der Waals surface area contributed by atoms with Crippen LogP contribution < -0.4 is 21.5 Å². The molecule has 6 rings (SSSR count). The van der Waals surface area contributed by atoms with Crippen LogP contribution in [-0.2, 0) is 6.98 Å². The number of piperidine rings is 1. The highest BCUT2D eigenvalue weighted by Gasteiger charge is 2.24. The van der Waals surface area contributed by atoms with Crippen molar-refractivity contribution in [2.45, 2.75) is 38.8 Å². The number of hydrogen-bond acceptors (Lipinski definition) is 9. The van der Waals surface area contributed by atoms with Crippen molar-refractivity contribution in [1.82, 2.24) is 28.9 Å². The molecule has 0 spiro atoms. The van der Waals surface area contributed by atoms with E-state index in [9.17, 15) is 9.90 Å². The van der Waals surface area contributed by atoms with Crippen LogP contribution in [0.25, 0.3) is 27.8 Å². The first-order chi connectivity index (χ1) is 20.4. The largest absolute Gasteiger partial charge is 0.393 e. The minimum Gasteiger partial charge on any atom is -0.393 e. The number of hydrogen-bond donors (Lipinski definition) is 3. The Morgan fingerprint density at radius 2 is 1.95 bits per heavy atom. The molecule has 0 saturated carbocycles. The summed E-state index contributed by atoms with van der Waals surface area (Å²) in [6.45, 7) is 2.28. The van der Waals surface area contributed by atoms with E-state index in [1.807, 2.05) is 26.0 Å². The maximum absolute atomic E-state index is 14.0. The molecule has 4 aromatic heterocycles. The highest BCUT2D eigenvalue weighted by atomic mass is 35.5. The van der Waals surface area contributed by atoms with Crippen LogP contribution in [0.2, 0.25) is 5.15 Å². The Bertz CT molecular complexity index is 1900. The van der Waals surface area contributed by atoms with Gasteiger partial charge in [-0.3, -0.25) is 13.8 Å². The third kappa shape index (κ3) is 4.50. The van der Waals surface area contributed by atoms with E-state index in [1.165, 1.54) is 18.7 Å². The molecule has 1 aliphatic rings. The first kappa shape index (κ1) is 22.6. The smallest absolute Gasteiger partial charge is 0.261 e. The van der Waals surface area contributed by atoms with Crippen molar-refractivity contribution in [3.8, 4) is 11.3 Å². The lowest BCUT2D eigenvalue weighted by Gasteiger charge is -2.32. The average Bonchev–Trinajstić information content (AvgIpc) is 3.38. The van der Waals surface area contributed by atoms with Crippen LogP contribution in [0.15, 0.2) is 47.8 Å². The lowest BCUT2D eigenvalue weighted by molar-refractivity contribution is 0.145. The van der Waals surface area contributed by atoms with Crippen LogP contribution >= 0.6 is 11.6 Å². The second kappa shape index (κ2) is 10.1. The summed E-state index contributed by atoms with van der Waals surface area (Å²) in [5, 5.41) is 14.1. The van der Waals surface area contributed by atoms with Crippen molar-refractivity contribution in [3.63, 3.8) is 0 Å². The van der Waals surface area contributed by atoms with Gasteiger partial charge in [0.15, 0.2) is 5.82 Å². The fourth-order valence-corrected chi connectivity index (χ4v) is 5.48. The lowest BCUT2D eigenvalue weighted by atomic mass is 10.0. The molecule has 0 radical (unpaired) electrons. The van der Waals surface area contributed by atoms with E-state index in [0.717, 1.165) is 21.4 Å². The number of halogens is 1. The Morgan fingerprint density at radius 3 is 2.67 bits per heavy atom. The molecule has 1 aliphatic heterocycles. The van der Waals surface area contributed by atoms with Crippen LogP contribution in [0.3, 0.4) is 0 Å². The molecule has 1 unspecified atom stereocenters. The molecule has 5 aromatic rings. The lowest BCUT2D eigenvalue weighted by Crippen LogP contribution is -2.36. The molecule has 0 amide bonds. The van der Waals surface area contributed by atoms with Crippen molar-refractivity contribution in [2.24, 2.45) is 6.98 Å². The van der Waals surface area contributed by atoms with Crippen LogP contribution in [0, 0.1) is 6.92 Å². The molecular formula is C28H30ClN9O2. The van der Waals surface area contributed by atoms with E-state index < -0.39 is 12.5 Å². The van der Waals surface area contributed by atoms with Gasteiger partial charge in [-0.2, -0.15) is 0 Å². The summed E-state index contributed by atoms with van der Waals surface area (Å²) in [5.74, 6) is 0.728. The van der Waals surface area contributed by atoms with Crippen LogP contribution in [0.1, 0.15) is 41.0 Å². The minimum absolute atomic E-state index is 0.0559. The maximum atomic E-state index is 14.0. The molecule has 0 aliphatic carbocycles. The highest BCUT2D eigenvalue weighted by molar-refractivity contribution is 6.29. The van der Waals surface area contributed by atoms with Gasteiger partial charge in [0.05, 0.1) is 28.7 Å². The fraction of sp³-hybridized carbons (Fsp3) is 0.321. The summed E-state index contributed by atoms with van der Waals surface area (Å²) in [5.41, 5.74) is 8.53. The van der Waals surface area contributed by atoms with Crippen LogP contribution in [-0.4, -0.2) is 53.2 Å². The zero-order valence-electron chi connectivity index (χ0n) is 25.0. The zero-order chi connectivity index (χ0) is 30.6. The van der Waals surface area contributed by atoms with Gasteiger partial charge in [0, 0.05) is 42.1 Å². The van der Waals surface area contributed by atoms with Gasteiger partial charge in [0.25, 0.3) is 5.56 Å². The molecule has 12 heteroatoms. The Morgan fingerprint density at radius 1 is 1.20 bits per heavy atom. The number of nitrogens with two attached hydrogens (primary N) is 1. The van der Waals surface area contributed by atoms with Crippen LogP contribution in [0.4, 0.5) is 17.5 Å². The number of anilines is 3. The van der Waals surface area contributed by atoms with Gasteiger partial charge in [-0.15, -0.1) is 0 Å². The van der Waals surface area contributed by atoms with Crippen molar-refractivity contribution in [1.29, 1.82) is 0 Å². The molecule has 1 aromatic carbocycles. The number of aromatic nitrogens is 6. The Kier molecular flexibility index (Phi) is 5.68. The van der Waals surface area contributed by atoms with Crippen molar-refractivity contribution < 1.29 is 9.22 Å². The summed E-state index contributed by atoms with van der Waals surface area (Å²) >= 11 is 6.29. The Labute approximate surface area is 239 Å². The second-order valence-corrected chi connectivity index (χ2v) is 10.5. The summed E-state index contributed by atoms with van der Waals surface area (Å²) in [6.07, 6.45) is 5.30. The van der Waals surface area contributed by atoms with E-state index in [0.29, 0.717) is 48.0 Å². The summed E-state index contributed by atoms with van der Waals surface area (Å²) < 4.78 is 27.2. The van der Waals surface area contributed by atoms with Gasteiger partial charge in [-0.05, 0) is 56.0 Å². The van der Waals surface area contributed by atoms with E-state index in [4.69, 9.17) is 21.4 Å². The molecule has 1 atom stereocenters. The van der Waals surface area contributed by atoms with Gasteiger partial charge in [0.1, 0.15) is 22.8 Å². The number of nitrogens with one attached hydrogen (secondary N) is 1. The maximum Gasteiger partial charge on any atom is 0.261 e. The zero-order valence-corrected chi connectivity index (χ0v) is 22.7. The number of nitrogen functional groups attached to an aromatic ring is 1. The predicted molar refractivity (Wildman–Crippen MR) is 157 cm³/mol. The average molecular weight is 563 g/mol. The summed E-state index contributed by atoms with van der Waals surface area (Å²) in [7, 11) is 0. The number of rotatable bonds is 5. The van der Waals surface area contributed by atoms with Gasteiger partial charge < -0.3 is 21.1 Å². The summed E-state index contributed by atoms with van der Waals surface area (Å²) in [4.78, 5) is 33.2. The Hall–Kier alpha value is -4.22. The molecule has 5 heterocycles. The monoisotopic (exact) mass is 562 g/mol. The molecule has 1 saturated heterocycles. The van der Waals surface area contributed by atoms with Crippen molar-refractivity contribution in [3.05, 3.63) is 69.6 Å². The van der Waals surface area contributed by atoms with Crippen LogP contribution in [0.5, 0.6) is 0 Å². The number of pyridine rings is 1. The molecule has 0 bridgehead atoms. The number of nitrogens with zero attached hydrogens (tertiary/aromatic N) is 7. The van der Waals surface area contributed by atoms with E-state index in [1.54, 1.807) is 16.5 Å². The van der Waals surface area contributed by atoms with E-state index in [2.05, 4.69) is 30.2 Å². The SMILES string of the molecule is [2H]C([2H])([2H])n1c(=O)c2cc(C)cc(C(C)Nc3ccc(Cl)nc3N3CCC(O)CC3)c2n2cnc(-c3cnc(N)nc3)c12. The molecular weight excluding hydrogens is 530 g/mol. The Balaban J connectivity index is 1.54. The molecule has 4 N–H and O–H groups in total. The number of aryl methyl sites for hydroxylation is 2. The normalized spacial score (nSPS) is 16.6. The van der Waals surface area contributed by atoms with Crippen molar-refractivity contribution in [2.75, 3.05) is 29.0 Å². The molecule has 11 nitrogen and oxygen atoms in total. The molecule has 40 heavy (non-hydrogen) atoms. The number of aliphatic hydroxyl groups excluding tert-OH is 1. The third-order valence-corrected chi connectivity index (χ3v) is 7.51. The van der Waals surface area contributed by atoms with Gasteiger partial charge in [-0.25, -0.2) is 19.9 Å². The minimum atomic E-state index is -2.80. The summed E-state index contributed by atoms with van der Waals surface area (Å²) in [6, 6.07) is 6.85.